The number of nitrogens with zero attached hydrogens (tertiary/aromatic N) is 3. The Bertz CT molecular complexity index is 707. The highest BCUT2D eigenvalue weighted by atomic mass is 16.7. The van der Waals surface area contributed by atoms with Crippen LogP contribution in [0, 0.1) is 0 Å². The highest BCUT2D eigenvalue weighted by Gasteiger charge is 2.53. The fraction of sp³-hybridized carbons (Fsp3) is 0.789. The maximum atomic E-state index is 12.8. The van der Waals surface area contributed by atoms with E-state index in [-0.39, 0.29) is 12.1 Å². The molecule has 0 saturated carbocycles. The van der Waals surface area contributed by atoms with Crippen LogP contribution in [-0.2, 0) is 27.1 Å². The summed E-state index contributed by atoms with van der Waals surface area (Å²) in [7, 11) is -0.493. The molecule has 0 aliphatic carbocycles. The Morgan fingerprint density at radius 3 is 2.41 bits per heavy atom. The van der Waals surface area contributed by atoms with Crippen LogP contribution in [0.15, 0.2) is 6.20 Å². The number of aryl methyl sites for hydroxylation is 1. The van der Waals surface area contributed by atoms with Crippen molar-refractivity contribution in [3.63, 3.8) is 0 Å². The highest BCUT2D eigenvalue weighted by molar-refractivity contribution is 6.62. The van der Waals surface area contributed by atoms with Gasteiger partial charge in [-0.1, -0.05) is 0 Å². The number of fused-ring (bicyclic) bond motifs is 1. The molecule has 1 aromatic heterocycles. The fourth-order valence-corrected chi connectivity index (χ4v) is 3.30. The smallest absolute Gasteiger partial charge is 0.444 e. The first-order chi connectivity index (χ1) is 12.3. The molecule has 0 N–H and O–H groups in total. The lowest BCUT2D eigenvalue weighted by Gasteiger charge is -2.32. The minimum Gasteiger partial charge on any atom is -0.444 e. The Labute approximate surface area is 162 Å². The standard InChI is InChI=1S/C19H32BN3O4/c1-13-9-10-23-15(12-22(13)16(24)25-17(2,3)4)14(11-21-23)20-26-18(5,6)19(7,8)27-20/h11,13H,9-10,12H2,1-8H3/t13-/m1/s1. The molecule has 0 radical (unpaired) electrons. The summed E-state index contributed by atoms with van der Waals surface area (Å²) in [6.07, 6.45) is 2.32. The van der Waals surface area contributed by atoms with E-state index < -0.39 is 23.9 Å². The molecule has 8 heteroatoms. The Kier molecular flexibility index (Phi) is 4.88. The minimum atomic E-state index is -0.530. The van der Waals surface area contributed by atoms with E-state index in [4.69, 9.17) is 14.0 Å². The molecule has 0 unspecified atom stereocenters. The van der Waals surface area contributed by atoms with Gasteiger partial charge in [0, 0.05) is 24.2 Å². The molecule has 1 fully saturated rings. The Balaban J connectivity index is 1.88. The molecule has 1 aromatic rings. The van der Waals surface area contributed by atoms with Gasteiger partial charge in [0.1, 0.15) is 5.60 Å². The van der Waals surface area contributed by atoms with Crippen LogP contribution in [0.25, 0.3) is 0 Å². The number of hydrogen-bond donors (Lipinski definition) is 0. The van der Waals surface area contributed by atoms with Crippen molar-refractivity contribution in [2.24, 2.45) is 0 Å². The van der Waals surface area contributed by atoms with E-state index in [1.807, 2.05) is 60.1 Å². The van der Waals surface area contributed by atoms with Crippen molar-refractivity contribution in [1.29, 1.82) is 0 Å². The summed E-state index contributed by atoms with van der Waals surface area (Å²) in [4.78, 5) is 14.5. The lowest BCUT2D eigenvalue weighted by atomic mass is 9.79. The predicted octanol–water partition coefficient (Wildman–Crippen LogP) is 2.71. The van der Waals surface area contributed by atoms with Gasteiger partial charge in [0.2, 0.25) is 0 Å². The second-order valence-corrected chi connectivity index (χ2v) is 9.60. The molecule has 3 heterocycles. The molecule has 1 saturated heterocycles. The Morgan fingerprint density at radius 2 is 1.85 bits per heavy atom. The lowest BCUT2D eigenvalue weighted by molar-refractivity contribution is 0.00578. The van der Waals surface area contributed by atoms with E-state index in [1.165, 1.54) is 0 Å². The molecule has 7 nitrogen and oxygen atoms in total. The van der Waals surface area contributed by atoms with Gasteiger partial charge in [0.15, 0.2) is 0 Å². The number of carbonyl (C=O) groups excluding carboxylic acids is 1. The van der Waals surface area contributed by atoms with Crippen LogP contribution in [0.5, 0.6) is 0 Å². The van der Waals surface area contributed by atoms with Crippen LogP contribution < -0.4 is 5.46 Å². The highest BCUT2D eigenvalue weighted by Crippen LogP contribution is 2.37. The predicted molar refractivity (Wildman–Crippen MR) is 104 cm³/mol. The summed E-state index contributed by atoms with van der Waals surface area (Å²) in [6.45, 7) is 17.0. The van der Waals surface area contributed by atoms with Gasteiger partial charge >= 0.3 is 13.2 Å². The van der Waals surface area contributed by atoms with Crippen molar-refractivity contribution in [3.05, 3.63) is 11.9 Å². The van der Waals surface area contributed by atoms with Gasteiger partial charge < -0.3 is 14.0 Å². The van der Waals surface area contributed by atoms with Crippen LogP contribution in [-0.4, -0.2) is 50.7 Å². The summed E-state index contributed by atoms with van der Waals surface area (Å²) >= 11 is 0. The normalized spacial score (nSPS) is 24.5. The third-order valence-corrected chi connectivity index (χ3v) is 5.73. The number of hydrogen-bond acceptors (Lipinski definition) is 5. The number of ether oxygens (including phenoxy) is 1. The molecule has 0 bridgehead atoms. The molecule has 0 aromatic carbocycles. The summed E-state index contributed by atoms with van der Waals surface area (Å²) in [5, 5.41) is 4.54. The summed E-state index contributed by atoms with van der Waals surface area (Å²) in [5.41, 5.74) is 0.461. The summed E-state index contributed by atoms with van der Waals surface area (Å²) < 4.78 is 20.0. The molecule has 2 aliphatic heterocycles. The first kappa shape index (κ1) is 20.2. The lowest BCUT2D eigenvalue weighted by Crippen LogP contribution is -2.43. The second kappa shape index (κ2) is 6.52. The molecule has 150 valence electrons. The summed E-state index contributed by atoms with van der Waals surface area (Å²) in [6, 6.07) is 0.0627. The van der Waals surface area contributed by atoms with Crippen LogP contribution in [0.4, 0.5) is 4.79 Å². The van der Waals surface area contributed by atoms with Gasteiger partial charge in [0.25, 0.3) is 0 Å². The maximum absolute atomic E-state index is 12.8. The molecule has 1 atom stereocenters. The Morgan fingerprint density at radius 1 is 1.26 bits per heavy atom. The molecule has 27 heavy (non-hydrogen) atoms. The zero-order chi connectivity index (χ0) is 20.2. The van der Waals surface area contributed by atoms with Crippen molar-refractivity contribution < 1.29 is 18.8 Å². The molecular weight excluding hydrogens is 345 g/mol. The first-order valence-electron chi connectivity index (χ1n) is 9.70. The molecule has 2 aliphatic rings. The van der Waals surface area contributed by atoms with Gasteiger partial charge in [-0.3, -0.25) is 9.58 Å². The zero-order valence-electron chi connectivity index (χ0n) is 17.8. The van der Waals surface area contributed by atoms with Gasteiger partial charge in [0.05, 0.1) is 23.4 Å². The van der Waals surface area contributed by atoms with Crippen LogP contribution in [0.3, 0.4) is 0 Å². The zero-order valence-corrected chi connectivity index (χ0v) is 17.8. The van der Waals surface area contributed by atoms with Gasteiger partial charge in [-0.15, -0.1) is 0 Å². The van der Waals surface area contributed by atoms with Crippen molar-refractivity contribution >= 4 is 18.7 Å². The third kappa shape index (κ3) is 3.87. The van der Waals surface area contributed by atoms with E-state index in [0.29, 0.717) is 6.54 Å². The molecular formula is C19H32BN3O4. The molecule has 1 amide bonds. The monoisotopic (exact) mass is 377 g/mol. The Hall–Kier alpha value is -1.54. The van der Waals surface area contributed by atoms with E-state index >= 15 is 0 Å². The van der Waals surface area contributed by atoms with E-state index in [1.54, 1.807) is 11.1 Å². The van der Waals surface area contributed by atoms with Crippen molar-refractivity contribution in [2.45, 2.75) is 97.7 Å². The second-order valence-electron chi connectivity index (χ2n) is 9.60. The van der Waals surface area contributed by atoms with Crippen LogP contribution in [0.2, 0.25) is 0 Å². The molecule has 3 rings (SSSR count). The van der Waals surface area contributed by atoms with Crippen molar-refractivity contribution in [2.75, 3.05) is 0 Å². The van der Waals surface area contributed by atoms with Crippen molar-refractivity contribution in [1.82, 2.24) is 14.7 Å². The average Bonchev–Trinajstić information content (AvgIpc) is 2.92. The maximum Gasteiger partial charge on any atom is 0.498 e. The van der Waals surface area contributed by atoms with Crippen LogP contribution in [0.1, 0.15) is 67.5 Å². The minimum absolute atomic E-state index is 0.0627. The number of amides is 1. The van der Waals surface area contributed by atoms with Gasteiger partial charge in [-0.2, -0.15) is 5.10 Å². The van der Waals surface area contributed by atoms with E-state index in [0.717, 1.165) is 24.1 Å². The van der Waals surface area contributed by atoms with Crippen molar-refractivity contribution in [3.8, 4) is 0 Å². The number of carbonyl (C=O) groups is 1. The topological polar surface area (TPSA) is 65.8 Å². The SMILES string of the molecule is C[C@@H]1CCn2ncc(B3OC(C)(C)C(C)(C)O3)c2CN1C(=O)OC(C)(C)C. The average molecular weight is 377 g/mol. The largest absolute Gasteiger partial charge is 0.498 e. The van der Waals surface area contributed by atoms with E-state index in [2.05, 4.69) is 5.10 Å². The van der Waals surface area contributed by atoms with Gasteiger partial charge in [-0.05, 0) is 61.8 Å². The fourth-order valence-electron chi connectivity index (χ4n) is 3.30. The van der Waals surface area contributed by atoms with Crippen LogP contribution >= 0.6 is 0 Å². The first-order valence-corrected chi connectivity index (χ1v) is 9.70. The molecule has 0 spiro atoms. The number of rotatable bonds is 1. The van der Waals surface area contributed by atoms with E-state index in [9.17, 15) is 4.79 Å². The quantitative estimate of drug-likeness (QED) is 0.704. The summed E-state index contributed by atoms with van der Waals surface area (Å²) in [5.74, 6) is 0. The number of aromatic nitrogens is 2. The van der Waals surface area contributed by atoms with Gasteiger partial charge in [-0.25, -0.2) is 4.79 Å². The third-order valence-electron chi connectivity index (χ3n) is 5.73.